The first-order valence-electron chi connectivity index (χ1n) is 6.75. The number of carbonyl (C=O) groups excluding carboxylic acids is 2. The molecule has 0 bridgehead atoms. The highest BCUT2D eigenvalue weighted by atomic mass is 35.5. The van der Waals surface area contributed by atoms with Gasteiger partial charge in [-0.2, -0.15) is 0 Å². The van der Waals surface area contributed by atoms with Gasteiger partial charge in [0.15, 0.2) is 12.4 Å². The van der Waals surface area contributed by atoms with Crippen LogP contribution in [0.1, 0.15) is 22.8 Å². The highest BCUT2D eigenvalue weighted by Crippen LogP contribution is 2.20. The summed E-state index contributed by atoms with van der Waals surface area (Å²) < 4.78 is 5.39. The third kappa shape index (κ3) is 4.33. The van der Waals surface area contributed by atoms with Crippen LogP contribution < -0.4 is 10.1 Å². The first-order valence-corrected chi connectivity index (χ1v) is 7.13. The topological polar surface area (TPSA) is 55.4 Å². The van der Waals surface area contributed by atoms with Crippen molar-refractivity contribution in [2.24, 2.45) is 0 Å². The Kier molecular flexibility index (Phi) is 5.17. The molecule has 114 valence electrons. The third-order valence-corrected chi connectivity index (χ3v) is 3.47. The molecule has 2 aromatic rings. The minimum Gasteiger partial charge on any atom is -0.484 e. The van der Waals surface area contributed by atoms with Crippen LogP contribution in [0.4, 0.5) is 5.69 Å². The van der Waals surface area contributed by atoms with Crippen molar-refractivity contribution in [2.45, 2.75) is 13.8 Å². The van der Waals surface area contributed by atoms with Crippen LogP contribution in [0, 0.1) is 6.92 Å². The fraction of sp³-hybridized carbons (Fsp3) is 0.176. The highest BCUT2D eigenvalue weighted by Gasteiger charge is 2.06. The summed E-state index contributed by atoms with van der Waals surface area (Å²) in [5.74, 6) is 0.127. The Balaban J connectivity index is 1.94. The molecular weight excluding hydrogens is 302 g/mol. The van der Waals surface area contributed by atoms with E-state index in [1.807, 2.05) is 13.0 Å². The Morgan fingerprint density at radius 3 is 2.64 bits per heavy atom. The number of carbonyl (C=O) groups is 2. The summed E-state index contributed by atoms with van der Waals surface area (Å²) in [6.07, 6.45) is 0. The van der Waals surface area contributed by atoms with Crippen LogP contribution in [0.3, 0.4) is 0 Å². The molecule has 22 heavy (non-hydrogen) atoms. The second-order valence-electron chi connectivity index (χ2n) is 4.88. The zero-order valence-corrected chi connectivity index (χ0v) is 13.1. The number of ether oxygens (including phenoxy) is 1. The van der Waals surface area contributed by atoms with E-state index in [1.165, 1.54) is 6.92 Å². The summed E-state index contributed by atoms with van der Waals surface area (Å²) in [7, 11) is 0. The largest absolute Gasteiger partial charge is 0.484 e. The molecule has 0 aliphatic rings. The van der Waals surface area contributed by atoms with Gasteiger partial charge in [0, 0.05) is 16.3 Å². The van der Waals surface area contributed by atoms with Crippen LogP contribution in [0.15, 0.2) is 42.5 Å². The van der Waals surface area contributed by atoms with E-state index >= 15 is 0 Å². The highest BCUT2D eigenvalue weighted by molar-refractivity contribution is 6.31. The lowest BCUT2D eigenvalue weighted by Crippen LogP contribution is -2.20. The molecule has 2 rings (SSSR count). The van der Waals surface area contributed by atoms with Crippen molar-refractivity contribution in [1.29, 1.82) is 0 Å². The third-order valence-electron chi connectivity index (χ3n) is 3.07. The van der Waals surface area contributed by atoms with E-state index in [0.717, 1.165) is 5.56 Å². The van der Waals surface area contributed by atoms with Gasteiger partial charge in [0.25, 0.3) is 5.91 Å². The first-order chi connectivity index (χ1) is 10.5. The first kappa shape index (κ1) is 16.0. The number of Topliss-reactive ketones (excluding diaryl/α,β-unsaturated/α-hetero) is 1. The number of hydrogen-bond donors (Lipinski definition) is 1. The van der Waals surface area contributed by atoms with Crippen molar-refractivity contribution in [2.75, 3.05) is 11.9 Å². The number of aryl methyl sites for hydroxylation is 1. The van der Waals surface area contributed by atoms with Crippen LogP contribution in [0.2, 0.25) is 5.02 Å². The van der Waals surface area contributed by atoms with Crippen molar-refractivity contribution >= 4 is 29.0 Å². The molecule has 0 heterocycles. The van der Waals surface area contributed by atoms with Gasteiger partial charge in [-0.15, -0.1) is 0 Å². The van der Waals surface area contributed by atoms with Crippen molar-refractivity contribution in [3.05, 3.63) is 58.6 Å². The molecule has 2 aromatic carbocycles. The Morgan fingerprint density at radius 1 is 1.18 bits per heavy atom. The Labute approximate surface area is 134 Å². The maximum Gasteiger partial charge on any atom is 0.262 e. The molecule has 1 N–H and O–H groups in total. The van der Waals surface area contributed by atoms with Crippen molar-refractivity contribution in [1.82, 2.24) is 0 Å². The monoisotopic (exact) mass is 317 g/mol. The van der Waals surface area contributed by atoms with Crippen LogP contribution in [-0.2, 0) is 4.79 Å². The van der Waals surface area contributed by atoms with Crippen molar-refractivity contribution in [3.8, 4) is 5.75 Å². The summed E-state index contributed by atoms with van der Waals surface area (Å²) in [4.78, 5) is 23.1. The zero-order valence-electron chi connectivity index (χ0n) is 12.4. The average molecular weight is 318 g/mol. The Hall–Kier alpha value is -2.33. The summed E-state index contributed by atoms with van der Waals surface area (Å²) in [6, 6.07) is 12.0. The Bertz CT molecular complexity index is 713. The SMILES string of the molecule is CC(=O)c1cccc(OCC(=O)Nc2ccc(C)c(Cl)c2)c1. The summed E-state index contributed by atoms with van der Waals surface area (Å²) in [6.45, 7) is 3.22. The molecule has 0 aliphatic carbocycles. The van der Waals surface area contributed by atoms with Gasteiger partial charge in [-0.1, -0.05) is 29.8 Å². The molecule has 0 spiro atoms. The zero-order chi connectivity index (χ0) is 16.1. The number of benzene rings is 2. The van der Waals surface area contributed by atoms with Gasteiger partial charge < -0.3 is 10.1 Å². The fourth-order valence-electron chi connectivity index (χ4n) is 1.82. The van der Waals surface area contributed by atoms with E-state index in [9.17, 15) is 9.59 Å². The summed E-state index contributed by atoms with van der Waals surface area (Å²) >= 11 is 6.00. The fourth-order valence-corrected chi connectivity index (χ4v) is 2.00. The maximum atomic E-state index is 11.9. The molecule has 0 aliphatic heterocycles. The molecule has 0 aromatic heterocycles. The molecule has 0 unspecified atom stereocenters. The van der Waals surface area contributed by atoms with E-state index in [1.54, 1.807) is 36.4 Å². The second-order valence-corrected chi connectivity index (χ2v) is 5.29. The number of amides is 1. The molecule has 0 radical (unpaired) electrons. The maximum absolute atomic E-state index is 11.9. The number of rotatable bonds is 5. The van der Waals surface area contributed by atoms with E-state index in [4.69, 9.17) is 16.3 Å². The molecule has 4 nitrogen and oxygen atoms in total. The quantitative estimate of drug-likeness (QED) is 0.852. The van der Waals surface area contributed by atoms with Crippen molar-refractivity contribution < 1.29 is 14.3 Å². The van der Waals surface area contributed by atoms with Crippen LogP contribution in [0.25, 0.3) is 0 Å². The number of halogens is 1. The molecular formula is C17H16ClNO3. The van der Waals surface area contributed by atoms with Gasteiger partial charge in [0.1, 0.15) is 5.75 Å². The van der Waals surface area contributed by atoms with E-state index in [-0.39, 0.29) is 18.3 Å². The van der Waals surface area contributed by atoms with Gasteiger partial charge in [0.05, 0.1) is 0 Å². The molecule has 0 atom stereocenters. The Morgan fingerprint density at radius 2 is 1.95 bits per heavy atom. The molecule has 0 saturated carbocycles. The molecule has 5 heteroatoms. The summed E-state index contributed by atoms with van der Waals surface area (Å²) in [5.41, 5.74) is 2.10. The van der Waals surface area contributed by atoms with Crippen LogP contribution in [0.5, 0.6) is 5.75 Å². The lowest BCUT2D eigenvalue weighted by atomic mass is 10.1. The number of hydrogen-bond acceptors (Lipinski definition) is 3. The predicted molar refractivity (Wildman–Crippen MR) is 86.8 cm³/mol. The standard InChI is InChI=1S/C17H16ClNO3/c1-11-6-7-14(9-16(11)18)19-17(21)10-22-15-5-3-4-13(8-15)12(2)20/h3-9H,10H2,1-2H3,(H,19,21). The van der Waals surface area contributed by atoms with E-state index in [0.29, 0.717) is 22.0 Å². The molecule has 0 saturated heterocycles. The normalized spacial score (nSPS) is 10.1. The van der Waals surface area contributed by atoms with Crippen molar-refractivity contribution in [3.63, 3.8) is 0 Å². The smallest absolute Gasteiger partial charge is 0.262 e. The van der Waals surface area contributed by atoms with Gasteiger partial charge in [-0.3, -0.25) is 9.59 Å². The van der Waals surface area contributed by atoms with Gasteiger partial charge in [-0.25, -0.2) is 0 Å². The molecule has 0 fully saturated rings. The number of anilines is 1. The lowest BCUT2D eigenvalue weighted by molar-refractivity contribution is -0.118. The van der Waals surface area contributed by atoms with Gasteiger partial charge in [-0.05, 0) is 43.7 Å². The van der Waals surface area contributed by atoms with Gasteiger partial charge >= 0.3 is 0 Å². The predicted octanol–water partition coefficient (Wildman–Crippen LogP) is 3.87. The summed E-state index contributed by atoms with van der Waals surface area (Å²) in [5, 5.41) is 3.29. The number of ketones is 1. The molecule has 1 amide bonds. The van der Waals surface area contributed by atoms with E-state index < -0.39 is 0 Å². The number of nitrogens with one attached hydrogen (secondary N) is 1. The minimum atomic E-state index is -0.298. The van der Waals surface area contributed by atoms with Crippen LogP contribution >= 0.6 is 11.6 Å². The van der Waals surface area contributed by atoms with Crippen LogP contribution in [-0.4, -0.2) is 18.3 Å². The van der Waals surface area contributed by atoms with E-state index in [2.05, 4.69) is 5.32 Å². The van der Waals surface area contributed by atoms with Gasteiger partial charge in [0.2, 0.25) is 0 Å². The average Bonchev–Trinajstić information content (AvgIpc) is 2.49. The minimum absolute atomic E-state index is 0.0517. The second kappa shape index (κ2) is 7.09. The lowest BCUT2D eigenvalue weighted by Gasteiger charge is -2.09.